The monoisotopic (exact) mass is 271 g/mol. The fourth-order valence-corrected chi connectivity index (χ4v) is 1.46. The van der Waals surface area contributed by atoms with Gasteiger partial charge in [0.25, 0.3) is 5.91 Å². The van der Waals surface area contributed by atoms with Gasteiger partial charge in [-0.25, -0.2) is 0 Å². The number of amides is 1. The predicted octanol–water partition coefficient (Wildman–Crippen LogP) is 1.21. The van der Waals surface area contributed by atoms with E-state index in [1.54, 1.807) is 18.2 Å². The van der Waals surface area contributed by atoms with Gasteiger partial charge in [-0.15, -0.1) is 0 Å². The Bertz CT molecular complexity index is 463. The summed E-state index contributed by atoms with van der Waals surface area (Å²) in [5.74, 6) is 0.136. The molecule has 1 aromatic carbocycles. The third-order valence-electron chi connectivity index (χ3n) is 2.20. The molecule has 0 saturated carbocycles. The molecule has 0 aliphatic rings. The summed E-state index contributed by atoms with van der Waals surface area (Å²) in [4.78, 5) is 11.8. The summed E-state index contributed by atoms with van der Waals surface area (Å²) in [6.45, 7) is 0.264. The molecule has 98 valence electrons. The Morgan fingerprint density at radius 1 is 1.61 bits per heavy atom. The molecule has 0 aliphatic carbocycles. The second-order valence-corrected chi connectivity index (χ2v) is 3.88. The molecule has 0 atom stereocenters. The zero-order chi connectivity index (χ0) is 13.5. The number of hydrogen-bond donors (Lipinski definition) is 3. The van der Waals surface area contributed by atoms with Gasteiger partial charge in [0, 0.05) is 18.0 Å². The Morgan fingerprint density at radius 2 is 2.33 bits per heavy atom. The molecule has 0 aromatic heterocycles. The molecule has 1 aromatic rings. The second kappa shape index (κ2) is 6.70. The van der Waals surface area contributed by atoms with Gasteiger partial charge >= 0.3 is 0 Å². The number of amidine groups is 1. The molecule has 7 heteroatoms. The van der Waals surface area contributed by atoms with E-state index in [0.29, 0.717) is 16.3 Å². The number of benzene rings is 1. The molecule has 0 spiro atoms. The number of hydrogen-bond acceptors (Lipinski definition) is 4. The highest BCUT2D eigenvalue weighted by Crippen LogP contribution is 2.22. The highest BCUT2D eigenvalue weighted by molar-refractivity contribution is 6.30. The van der Waals surface area contributed by atoms with E-state index < -0.39 is 0 Å². The quantitative estimate of drug-likeness (QED) is 0.325. The average molecular weight is 272 g/mol. The minimum absolute atomic E-state index is 0.0540. The van der Waals surface area contributed by atoms with E-state index in [9.17, 15) is 4.79 Å². The van der Waals surface area contributed by atoms with Crippen LogP contribution < -0.4 is 15.8 Å². The summed E-state index contributed by atoms with van der Waals surface area (Å²) in [6, 6.07) is 4.72. The molecule has 0 fully saturated rings. The van der Waals surface area contributed by atoms with Crippen molar-refractivity contribution in [1.29, 1.82) is 0 Å². The van der Waals surface area contributed by atoms with E-state index in [1.165, 1.54) is 7.11 Å². The molecule has 0 heterocycles. The molecular formula is C11H14ClN3O3. The minimum Gasteiger partial charge on any atom is -0.496 e. The van der Waals surface area contributed by atoms with Crippen molar-refractivity contribution >= 4 is 23.3 Å². The number of nitrogens with zero attached hydrogens (tertiary/aromatic N) is 1. The topological polar surface area (TPSA) is 96.9 Å². The molecule has 18 heavy (non-hydrogen) atoms. The molecule has 0 bridgehead atoms. The third-order valence-corrected chi connectivity index (χ3v) is 2.44. The average Bonchev–Trinajstić information content (AvgIpc) is 2.37. The molecule has 0 aliphatic heterocycles. The maximum absolute atomic E-state index is 11.8. The maximum Gasteiger partial charge on any atom is 0.255 e. The van der Waals surface area contributed by atoms with Gasteiger partial charge in [-0.05, 0) is 18.2 Å². The van der Waals surface area contributed by atoms with Crippen molar-refractivity contribution in [2.24, 2.45) is 10.9 Å². The van der Waals surface area contributed by atoms with Crippen LogP contribution in [0.1, 0.15) is 16.8 Å². The zero-order valence-corrected chi connectivity index (χ0v) is 10.6. The highest BCUT2D eigenvalue weighted by atomic mass is 35.5. The summed E-state index contributed by atoms with van der Waals surface area (Å²) in [5.41, 5.74) is 5.66. The summed E-state index contributed by atoms with van der Waals surface area (Å²) in [5, 5.41) is 14.3. The van der Waals surface area contributed by atoms with E-state index in [4.69, 9.17) is 27.3 Å². The number of nitrogens with one attached hydrogen (secondary N) is 1. The van der Waals surface area contributed by atoms with Crippen molar-refractivity contribution in [3.63, 3.8) is 0 Å². The molecule has 0 saturated heterocycles. The lowest BCUT2D eigenvalue weighted by molar-refractivity contribution is 0.0951. The standard InChI is InChI=1S/C11H14ClN3O3/c1-18-9-6-7(12)2-3-8(9)11(16)14-5-4-10(13)15-17/h2-3,6,17H,4-5H2,1H3,(H2,13,15)(H,14,16). The van der Waals surface area contributed by atoms with Gasteiger partial charge in [0.2, 0.25) is 0 Å². The number of halogens is 1. The Hall–Kier alpha value is -1.95. The first-order valence-electron chi connectivity index (χ1n) is 5.16. The van der Waals surface area contributed by atoms with E-state index in [-0.39, 0.29) is 24.7 Å². The van der Waals surface area contributed by atoms with Crippen LogP contribution in [0.2, 0.25) is 5.02 Å². The number of nitrogens with two attached hydrogens (primary N) is 1. The molecule has 6 nitrogen and oxygen atoms in total. The first kappa shape index (κ1) is 14.1. The van der Waals surface area contributed by atoms with Gasteiger partial charge in [-0.3, -0.25) is 4.79 Å². The zero-order valence-electron chi connectivity index (χ0n) is 9.81. The van der Waals surface area contributed by atoms with Gasteiger partial charge in [0.1, 0.15) is 11.6 Å². The van der Waals surface area contributed by atoms with Gasteiger partial charge in [-0.1, -0.05) is 16.8 Å². The Kier molecular flexibility index (Phi) is 5.26. The van der Waals surface area contributed by atoms with Crippen LogP contribution in [-0.4, -0.2) is 30.6 Å². The lowest BCUT2D eigenvalue weighted by Crippen LogP contribution is -2.28. The summed E-state index contributed by atoms with van der Waals surface area (Å²) in [6.07, 6.45) is 0.262. The van der Waals surface area contributed by atoms with E-state index in [1.807, 2.05) is 0 Å². The number of ether oxygens (including phenoxy) is 1. The van der Waals surface area contributed by atoms with Crippen LogP contribution in [0.5, 0.6) is 5.75 Å². The lowest BCUT2D eigenvalue weighted by atomic mass is 10.2. The SMILES string of the molecule is COc1cc(Cl)ccc1C(=O)NCCC(N)=NO. The first-order chi connectivity index (χ1) is 8.58. The fraction of sp³-hybridized carbons (Fsp3) is 0.273. The van der Waals surface area contributed by atoms with Crippen molar-refractivity contribution in [2.45, 2.75) is 6.42 Å². The number of methoxy groups -OCH3 is 1. The lowest BCUT2D eigenvalue weighted by Gasteiger charge is -2.09. The summed E-state index contributed by atoms with van der Waals surface area (Å²) in [7, 11) is 1.46. The van der Waals surface area contributed by atoms with Crippen LogP contribution >= 0.6 is 11.6 Å². The van der Waals surface area contributed by atoms with Crippen molar-refractivity contribution in [1.82, 2.24) is 5.32 Å². The Balaban J connectivity index is 2.67. The minimum atomic E-state index is -0.311. The van der Waals surface area contributed by atoms with Crippen molar-refractivity contribution < 1.29 is 14.7 Å². The molecule has 1 amide bonds. The third kappa shape index (κ3) is 3.81. The molecule has 1 rings (SSSR count). The summed E-state index contributed by atoms with van der Waals surface area (Å²) < 4.78 is 5.06. The van der Waals surface area contributed by atoms with Crippen LogP contribution in [0, 0.1) is 0 Å². The Labute approximate surface area is 109 Å². The predicted molar refractivity (Wildman–Crippen MR) is 68.4 cm³/mol. The van der Waals surface area contributed by atoms with Crippen molar-refractivity contribution in [3.8, 4) is 5.75 Å². The molecule has 0 unspecified atom stereocenters. The van der Waals surface area contributed by atoms with Crippen molar-refractivity contribution in [3.05, 3.63) is 28.8 Å². The number of rotatable bonds is 5. The largest absolute Gasteiger partial charge is 0.496 e. The normalized spacial score (nSPS) is 11.1. The van der Waals surface area contributed by atoms with Gasteiger partial charge in [0.15, 0.2) is 0 Å². The Morgan fingerprint density at radius 3 is 2.94 bits per heavy atom. The molecule has 4 N–H and O–H groups in total. The van der Waals surface area contributed by atoms with E-state index >= 15 is 0 Å². The molecular weight excluding hydrogens is 258 g/mol. The highest BCUT2D eigenvalue weighted by Gasteiger charge is 2.12. The maximum atomic E-state index is 11.8. The van der Waals surface area contributed by atoms with Crippen LogP contribution in [-0.2, 0) is 0 Å². The molecule has 0 radical (unpaired) electrons. The number of carbonyl (C=O) groups is 1. The van der Waals surface area contributed by atoms with E-state index in [2.05, 4.69) is 10.5 Å². The van der Waals surface area contributed by atoms with Gasteiger partial charge in [-0.2, -0.15) is 0 Å². The van der Waals surface area contributed by atoms with Crippen LogP contribution in [0.25, 0.3) is 0 Å². The second-order valence-electron chi connectivity index (χ2n) is 3.44. The fourth-order valence-electron chi connectivity index (χ4n) is 1.30. The summed E-state index contributed by atoms with van der Waals surface area (Å²) >= 11 is 5.79. The van der Waals surface area contributed by atoms with Crippen LogP contribution in [0.15, 0.2) is 23.4 Å². The van der Waals surface area contributed by atoms with E-state index in [0.717, 1.165) is 0 Å². The number of oxime groups is 1. The van der Waals surface area contributed by atoms with Gasteiger partial charge < -0.3 is 21.0 Å². The van der Waals surface area contributed by atoms with Gasteiger partial charge in [0.05, 0.1) is 12.7 Å². The van der Waals surface area contributed by atoms with Crippen LogP contribution in [0.3, 0.4) is 0 Å². The first-order valence-corrected chi connectivity index (χ1v) is 5.54. The smallest absolute Gasteiger partial charge is 0.255 e. The van der Waals surface area contributed by atoms with Crippen molar-refractivity contribution in [2.75, 3.05) is 13.7 Å². The number of carbonyl (C=O) groups excluding carboxylic acids is 1. The van der Waals surface area contributed by atoms with Crippen LogP contribution in [0.4, 0.5) is 0 Å².